The van der Waals surface area contributed by atoms with Crippen LogP contribution in [0.5, 0.6) is 0 Å². The summed E-state index contributed by atoms with van der Waals surface area (Å²) in [6.07, 6.45) is 4.83. The lowest BCUT2D eigenvalue weighted by Gasteiger charge is -2.39. The van der Waals surface area contributed by atoms with Crippen molar-refractivity contribution in [1.29, 1.82) is 0 Å². The van der Waals surface area contributed by atoms with Gasteiger partial charge in [-0.3, -0.25) is 57.5 Å². The number of benzene rings is 3. The van der Waals surface area contributed by atoms with Crippen LogP contribution >= 0.6 is 0 Å². The van der Waals surface area contributed by atoms with Crippen LogP contribution in [0.25, 0.3) is 0 Å². The molecule has 3 aliphatic rings. The summed E-state index contributed by atoms with van der Waals surface area (Å²) in [5.41, 5.74) is 3.18. The third kappa shape index (κ3) is 24.7. The molecule has 3 aromatic rings. The molecule has 3 aromatic carbocycles. The molecule has 25 nitrogen and oxygen atoms in total. The molecule has 0 aromatic heterocycles. The molecule has 2 bridgehead atoms. The third-order valence-corrected chi connectivity index (χ3v) is 20.9. The van der Waals surface area contributed by atoms with Crippen LogP contribution < -0.4 is 21.3 Å². The first kappa shape index (κ1) is 86.9. The fourth-order valence-corrected chi connectivity index (χ4v) is 13.7. The number of likely N-dealkylation sites (tertiary alicyclic amines) is 1. The van der Waals surface area contributed by atoms with Crippen molar-refractivity contribution >= 4 is 70.9 Å². The molecule has 3 heterocycles. The van der Waals surface area contributed by atoms with Gasteiger partial charge in [0.2, 0.25) is 70.9 Å². The smallest absolute Gasteiger partial charge is 0.248 e. The van der Waals surface area contributed by atoms with E-state index in [0.29, 0.717) is 44.3 Å². The van der Waals surface area contributed by atoms with E-state index < -0.39 is 144 Å². The number of aliphatic hydroxyl groups is 1. The first-order valence-corrected chi connectivity index (χ1v) is 37.7. The molecule has 1 fully saturated rings. The number of aryl methyl sites for hydroxylation is 1. The van der Waals surface area contributed by atoms with Gasteiger partial charge in [0.25, 0.3) is 0 Å². The number of carbonyl (C=O) groups excluding carboxylic acids is 12. The van der Waals surface area contributed by atoms with Crippen molar-refractivity contribution < 1.29 is 62.6 Å². The molecule has 0 spiro atoms. The average Bonchev–Trinajstić information content (AvgIpc) is 0.807. The topological polar surface area (TPSA) is 299 Å². The van der Waals surface area contributed by atoms with Gasteiger partial charge in [-0.1, -0.05) is 153 Å². The van der Waals surface area contributed by atoms with Gasteiger partial charge in [-0.2, -0.15) is 0 Å². The highest BCUT2D eigenvalue weighted by Gasteiger charge is 2.44. The van der Waals surface area contributed by atoms with Crippen LogP contribution in [0.1, 0.15) is 163 Å². The van der Waals surface area contributed by atoms with Crippen molar-refractivity contribution in [2.45, 2.75) is 233 Å². The van der Waals surface area contributed by atoms with Crippen molar-refractivity contribution in [2.75, 3.05) is 69.0 Å². The van der Waals surface area contributed by atoms with Crippen LogP contribution in [-0.4, -0.2) is 251 Å². The first-order chi connectivity index (χ1) is 49.5. The maximum absolute atomic E-state index is 15.4. The number of rotatable bonds is 13. The number of aliphatic hydroxyl groups excluding tert-OH is 1. The Morgan fingerprint density at radius 3 is 1.52 bits per heavy atom. The van der Waals surface area contributed by atoms with E-state index in [4.69, 9.17) is 0 Å². The molecular weight excluding hydrogens is 1340 g/mol. The summed E-state index contributed by atoms with van der Waals surface area (Å²) in [5, 5.41) is 22.9. The molecule has 5 N–H and O–H groups in total. The number of carbonyl (C=O) groups is 12. The van der Waals surface area contributed by atoms with Crippen molar-refractivity contribution in [1.82, 2.24) is 60.5 Å². The van der Waals surface area contributed by atoms with Gasteiger partial charge in [0.15, 0.2) is 0 Å². The van der Waals surface area contributed by atoms with E-state index in [1.807, 2.05) is 89.2 Å². The molecule has 0 radical (unpaired) electrons. The lowest BCUT2D eigenvalue weighted by atomic mass is 9.93. The summed E-state index contributed by atoms with van der Waals surface area (Å²) < 4.78 is 0. The zero-order chi connectivity index (χ0) is 78.3. The standard InChI is InChI=1S/C80H122N12O13/c1-19-53(8)68-79(104)91(18)70(52(6)7)80(105)89(16)64(47-58-33-25-20-26-34-58)73(98)84-69(56(11)93)78(103)85(12)49-67(95)86(13)55(10)74(99)87(14)54(9)71(96)82-62(76(101)92-42-30-23-31-43-92)46-60-40-38-57(39-41-60)32-24-22-29-37-66(94)81-61(44-50(2)3)75(100)90(17)65(48-59-35-27-21-28-36-59)77(102)88(15)63(45-51(4)5)72(97)83-68/h20-21,25-28,33-36,38-41,50-56,61-65,68-70,93H,19,22-24,29-32,37,42-49H2,1-18H3,(H,81,94)(H,82,96)(H,83,97)(H,84,98)/t53-,54-,55-,56+,61-,62-,63-,64-,65-,68-,69-,70-/m0/s1. The van der Waals surface area contributed by atoms with Gasteiger partial charge in [0, 0.05) is 88.1 Å². The molecule has 3 aliphatic heterocycles. The minimum atomic E-state index is -1.67. The molecule has 1 saturated heterocycles. The van der Waals surface area contributed by atoms with E-state index in [0.717, 1.165) is 52.2 Å². The van der Waals surface area contributed by atoms with Gasteiger partial charge in [0.05, 0.1) is 12.6 Å². The maximum atomic E-state index is 15.4. The number of likely N-dealkylation sites (N-methyl/N-ethyl adjacent to an activating group) is 7. The number of fused-ring (bicyclic) bond motifs is 40. The second-order valence-corrected chi connectivity index (χ2v) is 30.4. The first-order valence-electron chi connectivity index (χ1n) is 37.7. The monoisotopic (exact) mass is 1460 g/mol. The predicted molar refractivity (Wildman–Crippen MR) is 404 cm³/mol. The van der Waals surface area contributed by atoms with E-state index in [2.05, 4.69) is 21.3 Å². The van der Waals surface area contributed by atoms with E-state index >= 15 is 19.2 Å². The Hall–Kier alpha value is -8.74. The second-order valence-electron chi connectivity index (χ2n) is 30.4. The largest absolute Gasteiger partial charge is 0.391 e. The number of nitrogens with one attached hydrogen (secondary N) is 4. The van der Waals surface area contributed by atoms with Crippen LogP contribution in [-0.2, 0) is 83.2 Å². The average molecular weight is 1460 g/mol. The van der Waals surface area contributed by atoms with Gasteiger partial charge in [0.1, 0.15) is 60.4 Å². The fourth-order valence-electron chi connectivity index (χ4n) is 13.7. The Balaban J connectivity index is 1.56. The molecule has 0 saturated carbocycles. The number of hydrogen-bond donors (Lipinski definition) is 5. The van der Waals surface area contributed by atoms with Crippen LogP contribution in [0.15, 0.2) is 84.9 Å². The van der Waals surface area contributed by atoms with Crippen LogP contribution in [0.3, 0.4) is 0 Å². The highest BCUT2D eigenvalue weighted by atomic mass is 16.3. The minimum absolute atomic E-state index is 0.0425. The molecule has 25 heteroatoms. The highest BCUT2D eigenvalue weighted by molar-refractivity contribution is 5.99. The summed E-state index contributed by atoms with van der Waals surface area (Å²) in [7, 11) is 9.99. The van der Waals surface area contributed by atoms with Crippen molar-refractivity contribution in [3.8, 4) is 0 Å². The van der Waals surface area contributed by atoms with Crippen LogP contribution in [0.2, 0.25) is 0 Å². The third-order valence-electron chi connectivity index (χ3n) is 20.9. The van der Waals surface area contributed by atoms with Gasteiger partial charge >= 0.3 is 0 Å². The molecule has 12 amide bonds. The van der Waals surface area contributed by atoms with Gasteiger partial charge in [-0.15, -0.1) is 0 Å². The van der Waals surface area contributed by atoms with Crippen molar-refractivity contribution in [2.24, 2.45) is 23.7 Å². The molecule has 580 valence electrons. The Bertz CT molecular complexity index is 3400. The van der Waals surface area contributed by atoms with Gasteiger partial charge in [-0.25, -0.2) is 0 Å². The van der Waals surface area contributed by atoms with E-state index in [1.54, 1.807) is 56.0 Å². The Morgan fingerprint density at radius 1 is 0.476 bits per heavy atom. The van der Waals surface area contributed by atoms with E-state index in [-0.39, 0.29) is 62.2 Å². The van der Waals surface area contributed by atoms with E-state index in [9.17, 15) is 43.5 Å². The summed E-state index contributed by atoms with van der Waals surface area (Å²) in [6, 6.07) is 13.7. The fraction of sp³-hybridized carbons (Fsp3) is 0.625. The lowest BCUT2D eigenvalue weighted by molar-refractivity contribution is -0.152. The van der Waals surface area contributed by atoms with Crippen LogP contribution in [0.4, 0.5) is 0 Å². The van der Waals surface area contributed by atoms with Crippen molar-refractivity contribution in [3.05, 3.63) is 107 Å². The lowest BCUT2D eigenvalue weighted by Crippen LogP contribution is -2.63. The van der Waals surface area contributed by atoms with E-state index in [1.165, 1.54) is 94.6 Å². The summed E-state index contributed by atoms with van der Waals surface area (Å²) in [4.78, 5) is 187. The maximum Gasteiger partial charge on any atom is 0.248 e. The molecule has 6 rings (SSSR count). The Labute approximate surface area is 623 Å². The number of hydrogen-bond acceptors (Lipinski definition) is 13. The number of piperidine rings is 1. The number of nitrogens with zero attached hydrogens (tertiary/aromatic N) is 8. The summed E-state index contributed by atoms with van der Waals surface area (Å²) >= 11 is 0. The summed E-state index contributed by atoms with van der Waals surface area (Å²) in [5.74, 6) is -8.51. The van der Waals surface area contributed by atoms with Gasteiger partial charge < -0.3 is 65.6 Å². The molecule has 105 heavy (non-hydrogen) atoms. The molecule has 0 aliphatic carbocycles. The predicted octanol–water partition coefficient (Wildman–Crippen LogP) is 5.42. The molecule has 0 unspecified atom stereocenters. The Morgan fingerprint density at radius 2 is 0.981 bits per heavy atom. The summed E-state index contributed by atoms with van der Waals surface area (Å²) in [6.45, 7) is 19.5. The van der Waals surface area contributed by atoms with Gasteiger partial charge in [-0.05, 0) is 118 Å². The zero-order valence-electron chi connectivity index (χ0n) is 65.7. The SMILES string of the molecule is CC[C@H](C)[C@@H]1NC(=O)[C@H](CC(C)C)N(C)C(=O)[C@H](Cc2ccccc2)N(C)C(=O)[C@H](CC(C)C)NC(=O)CCCCCc2ccc(cc2)C[C@@H](C(=O)N2CCCCC2)NC(=O)[C@H](C)N(C)C(=O)[C@H](C)N(C)C(=O)CN(C)C(=O)[C@H]([C@@H](C)O)NC(=O)[C@H](Cc2ccccc2)N(C)C(=O)[C@H](C(C)C)N(C)C1=O. The quantitative estimate of drug-likeness (QED) is 0.134. The zero-order valence-corrected chi connectivity index (χ0v) is 65.7. The normalized spacial score (nSPS) is 25.2. The second kappa shape index (κ2) is 41.2. The Kier molecular flexibility index (Phi) is 34.1. The molecular formula is C80H122N12O13. The number of amides is 12. The highest BCUT2D eigenvalue weighted by Crippen LogP contribution is 2.25. The minimum Gasteiger partial charge on any atom is -0.391 e. The van der Waals surface area contributed by atoms with Crippen molar-refractivity contribution in [3.63, 3.8) is 0 Å². The van der Waals surface area contributed by atoms with Crippen LogP contribution in [0, 0.1) is 23.7 Å². The molecule has 12 atom stereocenters.